The first kappa shape index (κ1) is 20.2. The van der Waals surface area contributed by atoms with Crippen molar-refractivity contribution in [2.45, 2.75) is 45.6 Å². The number of aromatic nitrogens is 6. The number of tetrazole rings is 1. The monoisotopic (exact) mass is 430 g/mol. The van der Waals surface area contributed by atoms with Gasteiger partial charge in [0.05, 0.1) is 17.1 Å². The van der Waals surface area contributed by atoms with Gasteiger partial charge in [0.25, 0.3) is 0 Å². The number of nitrogens with zero attached hydrogens (tertiary/aromatic N) is 6. The maximum atomic E-state index is 12.4. The fourth-order valence-corrected chi connectivity index (χ4v) is 3.95. The van der Waals surface area contributed by atoms with Gasteiger partial charge in [-0.1, -0.05) is 19.1 Å². The van der Waals surface area contributed by atoms with E-state index in [4.69, 9.17) is 9.84 Å². The summed E-state index contributed by atoms with van der Waals surface area (Å²) in [4.78, 5) is 12.4. The fraction of sp³-hybridized carbons (Fsp3) is 0.333. The first-order chi connectivity index (χ1) is 15.5. The second-order valence-corrected chi connectivity index (χ2v) is 8.26. The van der Waals surface area contributed by atoms with Crippen molar-refractivity contribution in [3.05, 3.63) is 81.5 Å². The summed E-state index contributed by atoms with van der Waals surface area (Å²) in [5.74, 6) is 1.43. The molecule has 0 atom stereocenters. The third-order valence-corrected chi connectivity index (χ3v) is 5.98. The molecule has 164 valence electrons. The molecule has 8 nitrogen and oxygen atoms in total. The van der Waals surface area contributed by atoms with Crippen LogP contribution in [0.2, 0.25) is 0 Å². The predicted molar refractivity (Wildman–Crippen MR) is 121 cm³/mol. The van der Waals surface area contributed by atoms with Crippen molar-refractivity contribution < 1.29 is 4.74 Å². The van der Waals surface area contributed by atoms with Gasteiger partial charge in [-0.25, -0.2) is 9.48 Å². The second kappa shape index (κ2) is 8.11. The van der Waals surface area contributed by atoms with E-state index >= 15 is 0 Å². The molecule has 0 unspecified atom stereocenters. The zero-order valence-electron chi connectivity index (χ0n) is 18.5. The molecule has 4 aromatic rings. The van der Waals surface area contributed by atoms with Gasteiger partial charge >= 0.3 is 5.69 Å². The van der Waals surface area contributed by atoms with Crippen molar-refractivity contribution in [1.82, 2.24) is 29.6 Å². The van der Waals surface area contributed by atoms with E-state index in [9.17, 15) is 4.79 Å². The van der Waals surface area contributed by atoms with Crippen molar-refractivity contribution in [2.24, 2.45) is 7.05 Å². The highest BCUT2D eigenvalue weighted by atomic mass is 16.5. The molecule has 2 aromatic carbocycles. The van der Waals surface area contributed by atoms with Gasteiger partial charge in [0, 0.05) is 24.7 Å². The lowest BCUT2D eigenvalue weighted by molar-refractivity contribution is 0.302. The molecule has 0 radical (unpaired) electrons. The van der Waals surface area contributed by atoms with E-state index < -0.39 is 0 Å². The first-order valence-electron chi connectivity index (χ1n) is 10.9. The van der Waals surface area contributed by atoms with Crippen LogP contribution in [0.1, 0.15) is 48.1 Å². The van der Waals surface area contributed by atoms with Crippen molar-refractivity contribution >= 4 is 0 Å². The molecule has 0 amide bonds. The Kier molecular flexibility index (Phi) is 5.13. The Balaban J connectivity index is 1.40. The van der Waals surface area contributed by atoms with Gasteiger partial charge < -0.3 is 4.74 Å². The lowest BCUT2D eigenvalue weighted by Crippen LogP contribution is -2.23. The minimum atomic E-state index is -0.287. The fourth-order valence-electron chi connectivity index (χ4n) is 3.95. The standard InChI is InChI=1S/C24H26N6O2/c1-4-17-6-5-7-22(30-24(31)28(3)26-27-30)20(17)15-32-23-11-10-19(14-16(23)2)29-13-12-21(25-29)18-8-9-18/h5-7,10-14,18H,4,8-9,15H2,1-3H3. The summed E-state index contributed by atoms with van der Waals surface area (Å²) < 4.78 is 10.7. The summed E-state index contributed by atoms with van der Waals surface area (Å²) in [6.07, 6.45) is 5.32. The zero-order chi connectivity index (χ0) is 22.2. The molecule has 8 heteroatoms. The SMILES string of the molecule is CCc1cccc(-n2nnn(C)c2=O)c1COc1ccc(-n2ccc(C3CC3)n2)cc1C. The predicted octanol–water partition coefficient (Wildman–Crippen LogP) is 3.48. The van der Waals surface area contributed by atoms with Crippen molar-refractivity contribution in [1.29, 1.82) is 0 Å². The Hall–Kier alpha value is -3.68. The Bertz CT molecular complexity index is 1330. The normalized spacial score (nSPS) is 13.5. The van der Waals surface area contributed by atoms with Crippen LogP contribution in [-0.2, 0) is 20.1 Å². The Morgan fingerprint density at radius 1 is 1.12 bits per heavy atom. The summed E-state index contributed by atoms with van der Waals surface area (Å²) in [6.45, 7) is 4.45. The third-order valence-electron chi connectivity index (χ3n) is 5.98. The van der Waals surface area contributed by atoms with E-state index in [1.54, 1.807) is 7.05 Å². The van der Waals surface area contributed by atoms with Crippen LogP contribution in [0.3, 0.4) is 0 Å². The quantitative estimate of drug-likeness (QED) is 0.448. The number of rotatable bonds is 7. The molecule has 1 aliphatic rings. The average molecular weight is 431 g/mol. The molecule has 1 fully saturated rings. The van der Waals surface area contributed by atoms with Gasteiger partial charge in [-0.3, -0.25) is 0 Å². The Labute approximate surface area is 186 Å². The first-order valence-corrected chi connectivity index (χ1v) is 10.9. The molecule has 0 bridgehead atoms. The van der Waals surface area contributed by atoms with E-state index in [2.05, 4.69) is 35.5 Å². The van der Waals surface area contributed by atoms with E-state index in [0.29, 0.717) is 18.2 Å². The summed E-state index contributed by atoms with van der Waals surface area (Å²) in [6, 6.07) is 14.0. The summed E-state index contributed by atoms with van der Waals surface area (Å²) in [7, 11) is 1.59. The van der Waals surface area contributed by atoms with Gasteiger partial charge in [0.2, 0.25) is 0 Å². The molecular formula is C24H26N6O2. The topological polar surface area (TPSA) is 79.8 Å². The smallest absolute Gasteiger partial charge is 0.368 e. The van der Waals surface area contributed by atoms with Crippen LogP contribution < -0.4 is 10.4 Å². The van der Waals surface area contributed by atoms with Crippen LogP contribution in [-0.4, -0.2) is 29.6 Å². The van der Waals surface area contributed by atoms with E-state index in [-0.39, 0.29) is 5.69 Å². The molecule has 2 aromatic heterocycles. The zero-order valence-corrected chi connectivity index (χ0v) is 18.5. The van der Waals surface area contributed by atoms with E-state index in [0.717, 1.165) is 34.5 Å². The molecule has 5 rings (SSSR count). The Morgan fingerprint density at radius 2 is 1.97 bits per heavy atom. The highest BCUT2D eigenvalue weighted by Gasteiger charge is 2.26. The van der Waals surface area contributed by atoms with E-state index in [1.165, 1.54) is 27.9 Å². The number of aryl methyl sites for hydroxylation is 3. The third kappa shape index (κ3) is 3.72. The minimum Gasteiger partial charge on any atom is -0.489 e. The summed E-state index contributed by atoms with van der Waals surface area (Å²) in [5.41, 5.74) is 5.66. The average Bonchev–Trinajstić information content (AvgIpc) is 3.44. The summed E-state index contributed by atoms with van der Waals surface area (Å²) in [5, 5.41) is 12.6. The molecule has 2 heterocycles. The van der Waals surface area contributed by atoms with Crippen molar-refractivity contribution in [3.8, 4) is 17.1 Å². The molecule has 0 saturated heterocycles. The number of benzene rings is 2. The molecule has 0 aliphatic heterocycles. The van der Waals surface area contributed by atoms with Crippen molar-refractivity contribution in [2.75, 3.05) is 0 Å². The maximum Gasteiger partial charge on any atom is 0.368 e. The molecule has 0 N–H and O–H groups in total. The van der Waals surface area contributed by atoms with Crippen LogP contribution >= 0.6 is 0 Å². The van der Waals surface area contributed by atoms with Crippen LogP contribution in [0.4, 0.5) is 0 Å². The van der Waals surface area contributed by atoms with Crippen LogP contribution in [0.5, 0.6) is 5.75 Å². The molecule has 1 saturated carbocycles. The van der Waals surface area contributed by atoms with Crippen LogP contribution in [0, 0.1) is 6.92 Å². The number of hydrogen-bond acceptors (Lipinski definition) is 5. The largest absolute Gasteiger partial charge is 0.489 e. The van der Waals surface area contributed by atoms with Crippen molar-refractivity contribution in [3.63, 3.8) is 0 Å². The van der Waals surface area contributed by atoms with Gasteiger partial charge in [-0.05, 0) is 78.1 Å². The highest BCUT2D eigenvalue weighted by molar-refractivity contribution is 5.47. The lowest BCUT2D eigenvalue weighted by atomic mass is 10.0. The van der Waals surface area contributed by atoms with Gasteiger partial charge in [0.15, 0.2) is 0 Å². The van der Waals surface area contributed by atoms with Gasteiger partial charge in [-0.15, -0.1) is 0 Å². The number of ether oxygens (including phenoxy) is 1. The van der Waals surface area contributed by atoms with Crippen LogP contribution in [0.15, 0.2) is 53.5 Å². The Morgan fingerprint density at radius 3 is 2.66 bits per heavy atom. The number of hydrogen-bond donors (Lipinski definition) is 0. The lowest BCUT2D eigenvalue weighted by Gasteiger charge is -2.16. The molecular weight excluding hydrogens is 404 g/mol. The second-order valence-electron chi connectivity index (χ2n) is 8.26. The molecule has 1 aliphatic carbocycles. The maximum absolute atomic E-state index is 12.4. The summed E-state index contributed by atoms with van der Waals surface area (Å²) >= 11 is 0. The van der Waals surface area contributed by atoms with Gasteiger partial charge in [0.1, 0.15) is 12.4 Å². The van der Waals surface area contributed by atoms with Crippen LogP contribution in [0.25, 0.3) is 11.4 Å². The highest BCUT2D eigenvalue weighted by Crippen LogP contribution is 2.39. The molecule has 0 spiro atoms. The van der Waals surface area contributed by atoms with E-state index in [1.807, 2.05) is 42.1 Å². The molecule has 32 heavy (non-hydrogen) atoms. The van der Waals surface area contributed by atoms with Gasteiger partial charge in [-0.2, -0.15) is 14.5 Å². The minimum absolute atomic E-state index is 0.287.